The maximum Gasteiger partial charge on any atom is 0.119 e. The zero-order valence-electron chi connectivity index (χ0n) is 19.7. The maximum atomic E-state index is 8.92. The summed E-state index contributed by atoms with van der Waals surface area (Å²) in [7, 11) is 8.14. The predicted octanol–water partition coefficient (Wildman–Crippen LogP) is 5.48. The predicted molar refractivity (Wildman–Crippen MR) is 138 cm³/mol. The maximum absolute atomic E-state index is 8.92. The van der Waals surface area contributed by atoms with Crippen LogP contribution in [0.1, 0.15) is 24.0 Å². The zero-order valence-corrected chi connectivity index (χ0v) is 22.8. The van der Waals surface area contributed by atoms with Crippen LogP contribution in [0.5, 0.6) is 11.5 Å². The lowest BCUT2D eigenvalue weighted by Crippen LogP contribution is -2.15. The summed E-state index contributed by atoms with van der Waals surface area (Å²) in [6, 6.07) is 11.3. The van der Waals surface area contributed by atoms with E-state index in [1.165, 1.54) is 5.56 Å². The first-order valence-electron chi connectivity index (χ1n) is 10.3. The van der Waals surface area contributed by atoms with Crippen LogP contribution in [-0.4, -0.2) is 74.5 Å². The third-order valence-electron chi connectivity index (χ3n) is 4.05. The summed E-state index contributed by atoms with van der Waals surface area (Å²) in [4.78, 5) is 4.21. The largest absolute Gasteiger partial charge is 0.508 e. The summed E-state index contributed by atoms with van der Waals surface area (Å²) in [6.45, 7) is 7.13. The van der Waals surface area contributed by atoms with E-state index in [2.05, 4.69) is 68.7 Å². The van der Waals surface area contributed by atoms with Gasteiger partial charge in [-0.05, 0) is 109 Å². The summed E-state index contributed by atoms with van der Waals surface area (Å²) in [5.41, 5.74) is 2.26. The Morgan fingerprint density at radius 1 is 0.806 bits per heavy atom. The standard InChI is InChI=1S/C12H18BrNO.C7H7BrO.C5H13NO/c1-10-9-11(5-6-12(10)13)15-8-4-7-14(2)3;1-5-4-6(9)2-3-7(5)8;1-6(2)4-3-5-7/h5-6,9H,4,7-8H2,1-3H3;2-4,9H,1H3;7H,3-5H2,1-2H3. The van der Waals surface area contributed by atoms with Crippen LogP contribution in [0.25, 0.3) is 0 Å². The van der Waals surface area contributed by atoms with Crippen molar-refractivity contribution in [3.63, 3.8) is 0 Å². The van der Waals surface area contributed by atoms with Crippen LogP contribution in [0.4, 0.5) is 0 Å². The van der Waals surface area contributed by atoms with Crippen LogP contribution in [0.2, 0.25) is 0 Å². The highest BCUT2D eigenvalue weighted by Gasteiger charge is 1.98. The zero-order chi connectivity index (χ0) is 23.8. The first-order chi connectivity index (χ1) is 14.6. The fourth-order valence-electron chi connectivity index (χ4n) is 2.29. The first kappa shape index (κ1) is 29.9. The van der Waals surface area contributed by atoms with E-state index in [1.54, 1.807) is 12.1 Å². The Kier molecular flexibility index (Phi) is 16.8. The fourth-order valence-corrected chi connectivity index (χ4v) is 2.79. The van der Waals surface area contributed by atoms with Gasteiger partial charge in [0.1, 0.15) is 11.5 Å². The minimum Gasteiger partial charge on any atom is -0.508 e. The highest BCUT2D eigenvalue weighted by molar-refractivity contribution is 9.10. The van der Waals surface area contributed by atoms with Crippen molar-refractivity contribution in [3.05, 3.63) is 56.5 Å². The molecule has 5 nitrogen and oxygen atoms in total. The van der Waals surface area contributed by atoms with Gasteiger partial charge in [-0.2, -0.15) is 0 Å². The van der Waals surface area contributed by atoms with Crippen molar-refractivity contribution in [2.75, 3.05) is 54.5 Å². The molecule has 0 heterocycles. The van der Waals surface area contributed by atoms with Crippen LogP contribution in [0.15, 0.2) is 45.3 Å². The number of aromatic hydroxyl groups is 1. The molecule has 2 aromatic carbocycles. The minimum absolute atomic E-state index is 0.304. The lowest BCUT2D eigenvalue weighted by molar-refractivity contribution is 0.263. The first-order valence-corrected chi connectivity index (χ1v) is 11.9. The molecule has 0 aliphatic heterocycles. The van der Waals surface area contributed by atoms with E-state index in [4.69, 9.17) is 14.9 Å². The summed E-state index contributed by atoms with van der Waals surface area (Å²) in [5.74, 6) is 1.27. The molecule has 0 aliphatic carbocycles. The van der Waals surface area contributed by atoms with Crippen molar-refractivity contribution in [1.82, 2.24) is 9.80 Å². The molecular weight excluding hydrogens is 524 g/mol. The molecule has 0 radical (unpaired) electrons. The molecule has 0 amide bonds. The molecule has 0 bridgehead atoms. The van der Waals surface area contributed by atoms with Crippen LogP contribution >= 0.6 is 31.9 Å². The van der Waals surface area contributed by atoms with Crippen molar-refractivity contribution >= 4 is 31.9 Å². The molecule has 7 heteroatoms. The second-order valence-corrected chi connectivity index (χ2v) is 9.44. The smallest absolute Gasteiger partial charge is 0.119 e. The number of ether oxygens (including phenoxy) is 1. The lowest BCUT2D eigenvalue weighted by atomic mass is 10.2. The molecule has 0 saturated heterocycles. The van der Waals surface area contributed by atoms with Crippen LogP contribution in [0, 0.1) is 13.8 Å². The molecule has 0 saturated carbocycles. The molecule has 2 N–H and O–H groups in total. The van der Waals surface area contributed by atoms with Gasteiger partial charge in [0.15, 0.2) is 0 Å². The third-order valence-corrected chi connectivity index (χ3v) is 5.83. The van der Waals surface area contributed by atoms with Gasteiger partial charge in [-0.3, -0.25) is 0 Å². The number of benzene rings is 2. The number of hydrogen-bond acceptors (Lipinski definition) is 5. The number of aliphatic hydroxyl groups is 1. The van der Waals surface area contributed by atoms with Crippen molar-refractivity contribution < 1.29 is 14.9 Å². The number of rotatable bonds is 8. The number of hydrogen-bond donors (Lipinski definition) is 2. The SMILES string of the molecule is CN(C)CCCO.Cc1cc(O)ccc1Br.Cc1cc(OCCCN(C)C)ccc1Br. The Bertz CT molecular complexity index is 741. The van der Waals surface area contributed by atoms with Gasteiger partial charge in [0.05, 0.1) is 6.61 Å². The average molecular weight is 562 g/mol. The molecule has 0 fully saturated rings. The van der Waals surface area contributed by atoms with Crippen molar-refractivity contribution in [2.24, 2.45) is 0 Å². The topological polar surface area (TPSA) is 56.2 Å². The molecule has 31 heavy (non-hydrogen) atoms. The molecule has 176 valence electrons. The number of aliphatic hydroxyl groups excluding tert-OH is 1. The Morgan fingerprint density at radius 3 is 1.74 bits per heavy atom. The van der Waals surface area contributed by atoms with Gasteiger partial charge >= 0.3 is 0 Å². The van der Waals surface area contributed by atoms with E-state index in [0.717, 1.165) is 52.8 Å². The number of halogens is 2. The molecule has 2 aromatic rings. The molecule has 2 rings (SSSR count). The van der Waals surface area contributed by atoms with Gasteiger partial charge in [-0.1, -0.05) is 31.9 Å². The van der Waals surface area contributed by atoms with E-state index >= 15 is 0 Å². The number of aryl methyl sites for hydroxylation is 2. The van der Waals surface area contributed by atoms with Gasteiger partial charge in [-0.15, -0.1) is 0 Å². The van der Waals surface area contributed by atoms with Gasteiger partial charge < -0.3 is 24.7 Å². The molecular formula is C24H38Br2N2O3. The van der Waals surface area contributed by atoms with Gasteiger partial charge in [0, 0.05) is 22.1 Å². The van der Waals surface area contributed by atoms with E-state index in [-0.39, 0.29) is 0 Å². The molecule has 0 atom stereocenters. The molecule has 0 spiro atoms. The summed E-state index contributed by atoms with van der Waals surface area (Å²) < 4.78 is 7.80. The van der Waals surface area contributed by atoms with E-state index in [0.29, 0.717) is 12.4 Å². The Morgan fingerprint density at radius 2 is 1.32 bits per heavy atom. The van der Waals surface area contributed by atoms with Crippen LogP contribution < -0.4 is 4.74 Å². The fraction of sp³-hybridized carbons (Fsp3) is 0.500. The Hall–Kier alpha value is -1.12. The summed E-state index contributed by atoms with van der Waals surface area (Å²) >= 11 is 6.79. The summed E-state index contributed by atoms with van der Waals surface area (Å²) in [6.07, 6.45) is 1.94. The van der Waals surface area contributed by atoms with E-state index < -0.39 is 0 Å². The van der Waals surface area contributed by atoms with Crippen molar-refractivity contribution in [3.8, 4) is 11.5 Å². The highest BCUT2D eigenvalue weighted by atomic mass is 79.9. The Balaban J connectivity index is 0.000000479. The van der Waals surface area contributed by atoms with Crippen LogP contribution in [-0.2, 0) is 0 Å². The quantitative estimate of drug-likeness (QED) is 0.418. The Labute approximate surface area is 205 Å². The van der Waals surface area contributed by atoms with Gasteiger partial charge in [-0.25, -0.2) is 0 Å². The summed E-state index contributed by atoms with van der Waals surface area (Å²) in [5, 5.41) is 17.2. The van der Waals surface area contributed by atoms with E-state index in [9.17, 15) is 0 Å². The van der Waals surface area contributed by atoms with Crippen molar-refractivity contribution in [1.29, 1.82) is 0 Å². The van der Waals surface area contributed by atoms with Crippen molar-refractivity contribution in [2.45, 2.75) is 26.7 Å². The van der Waals surface area contributed by atoms with Gasteiger partial charge in [0.25, 0.3) is 0 Å². The number of nitrogens with zero attached hydrogens (tertiary/aromatic N) is 2. The van der Waals surface area contributed by atoms with Crippen LogP contribution in [0.3, 0.4) is 0 Å². The number of phenols is 1. The second kappa shape index (κ2) is 17.4. The minimum atomic E-state index is 0.304. The normalized spacial score (nSPS) is 10.3. The third kappa shape index (κ3) is 16.2. The molecule has 0 aliphatic rings. The lowest BCUT2D eigenvalue weighted by Gasteiger charge is -2.11. The average Bonchev–Trinajstić information content (AvgIpc) is 2.70. The molecule has 0 aromatic heterocycles. The monoisotopic (exact) mass is 560 g/mol. The highest BCUT2D eigenvalue weighted by Crippen LogP contribution is 2.21. The van der Waals surface area contributed by atoms with E-state index in [1.807, 2.05) is 39.2 Å². The van der Waals surface area contributed by atoms with Gasteiger partial charge in [0.2, 0.25) is 0 Å². The second-order valence-electron chi connectivity index (χ2n) is 7.73. The number of phenolic OH excluding ortho intramolecular Hbond substituents is 1. The molecule has 0 unspecified atom stereocenters.